The number of alkyl halides is 2. The quantitative estimate of drug-likeness (QED) is 0.863. The Labute approximate surface area is 105 Å². The Morgan fingerprint density at radius 1 is 1.31 bits per heavy atom. The summed E-state index contributed by atoms with van der Waals surface area (Å²) < 4.78 is 22.0. The van der Waals surface area contributed by atoms with E-state index in [1.807, 2.05) is 0 Å². The van der Waals surface area contributed by atoms with Crippen LogP contribution in [0.5, 0.6) is 0 Å². The van der Waals surface area contributed by atoms with E-state index in [-0.39, 0.29) is 11.3 Å². The van der Waals surface area contributed by atoms with Gasteiger partial charge in [-0.15, -0.1) is 0 Å². The third-order valence-electron chi connectivity index (χ3n) is 1.98. The van der Waals surface area contributed by atoms with Crippen LogP contribution in [0.2, 0.25) is 0 Å². The summed E-state index contributed by atoms with van der Waals surface area (Å²) in [5.74, 6) is 0. The molecule has 1 aromatic carbocycles. The van der Waals surface area contributed by atoms with Gasteiger partial charge in [0, 0.05) is 6.42 Å². The molecule has 1 unspecified atom stereocenters. The Hall–Kier alpha value is -0.290. The fraction of sp³-hybridized carbons (Fsp3) is 0.400. The number of benzene rings is 1. The number of halogens is 2. The fourth-order valence-electron chi connectivity index (χ4n) is 1.23. The van der Waals surface area contributed by atoms with E-state index in [1.54, 1.807) is 18.2 Å². The molecule has 90 valence electrons. The van der Waals surface area contributed by atoms with Crippen molar-refractivity contribution in [2.45, 2.75) is 28.0 Å². The van der Waals surface area contributed by atoms with Crippen molar-refractivity contribution in [3.8, 4) is 0 Å². The van der Waals surface area contributed by atoms with Gasteiger partial charge < -0.3 is 5.11 Å². The van der Waals surface area contributed by atoms with Crippen LogP contribution < -0.4 is 0 Å². The molecule has 1 rings (SSSR count). The van der Waals surface area contributed by atoms with E-state index >= 15 is 0 Å². The van der Waals surface area contributed by atoms with E-state index in [4.69, 9.17) is 28.3 Å². The lowest BCUT2D eigenvalue weighted by Crippen LogP contribution is -2.30. The Bertz CT molecular complexity index is 440. The summed E-state index contributed by atoms with van der Waals surface area (Å²) in [4.78, 5) is 0.0423. The van der Waals surface area contributed by atoms with E-state index < -0.39 is 19.6 Å². The summed E-state index contributed by atoms with van der Waals surface area (Å²) in [5.41, 5.74) is 0. The van der Waals surface area contributed by atoms with E-state index in [2.05, 4.69) is 0 Å². The van der Waals surface area contributed by atoms with Crippen molar-refractivity contribution in [3.63, 3.8) is 0 Å². The number of rotatable bonds is 4. The minimum absolute atomic E-state index is 0.0423. The molecule has 0 aliphatic carbocycles. The number of hydrogen-bond donors (Lipinski definition) is 1. The maximum absolute atomic E-state index is 12.0. The maximum Gasteiger partial charge on any atom is 0.224 e. The zero-order chi connectivity index (χ0) is 12.4. The van der Waals surface area contributed by atoms with Crippen LogP contribution in [-0.4, -0.2) is 23.3 Å². The molecule has 0 aromatic heterocycles. The lowest BCUT2D eigenvalue weighted by Gasteiger charge is -2.21. The topological polar surface area (TPSA) is 54.4 Å². The second-order valence-corrected chi connectivity index (χ2v) is 7.61. The van der Waals surface area contributed by atoms with Crippen molar-refractivity contribution >= 4 is 33.0 Å². The van der Waals surface area contributed by atoms with Crippen LogP contribution in [0, 0.1) is 0 Å². The zero-order valence-corrected chi connectivity index (χ0v) is 10.9. The highest BCUT2D eigenvalue weighted by Gasteiger charge is 2.42. The lowest BCUT2D eigenvalue weighted by molar-refractivity contribution is 0.185. The summed E-state index contributed by atoms with van der Waals surface area (Å²) in [5, 5.41) is 9.16. The molecule has 0 aliphatic rings. The molecule has 0 fully saturated rings. The molecule has 1 atom stereocenters. The molecular formula is C10H12Cl2O3S. The minimum atomic E-state index is -3.86. The standard InChI is InChI=1S/C10H12Cl2O3S/c1-8(13)7-10(11,12)16(14,15)9-5-3-2-4-6-9/h2-6,8,13H,7H2,1H3. The molecule has 6 heteroatoms. The summed E-state index contributed by atoms with van der Waals surface area (Å²) in [6.07, 6.45) is -1.14. The Morgan fingerprint density at radius 3 is 2.25 bits per heavy atom. The molecular weight excluding hydrogens is 271 g/mol. The summed E-state index contributed by atoms with van der Waals surface area (Å²) in [6, 6.07) is 7.68. The average molecular weight is 283 g/mol. The molecule has 0 saturated carbocycles. The van der Waals surface area contributed by atoms with Crippen LogP contribution in [0.15, 0.2) is 35.2 Å². The number of aliphatic hydroxyl groups excluding tert-OH is 1. The molecule has 0 heterocycles. The van der Waals surface area contributed by atoms with Gasteiger partial charge in [-0.25, -0.2) is 8.42 Å². The van der Waals surface area contributed by atoms with Crippen LogP contribution in [0.1, 0.15) is 13.3 Å². The Balaban J connectivity index is 3.12. The van der Waals surface area contributed by atoms with Gasteiger partial charge >= 0.3 is 0 Å². The first kappa shape index (κ1) is 13.8. The van der Waals surface area contributed by atoms with Crippen molar-refractivity contribution in [1.29, 1.82) is 0 Å². The molecule has 0 spiro atoms. The van der Waals surface area contributed by atoms with Gasteiger partial charge in [0.05, 0.1) is 11.0 Å². The van der Waals surface area contributed by atoms with E-state index in [0.29, 0.717) is 0 Å². The summed E-state index contributed by atoms with van der Waals surface area (Å²) in [6.45, 7) is 1.43. The predicted octanol–water partition coefficient (Wildman–Crippen LogP) is 2.36. The van der Waals surface area contributed by atoms with Crippen molar-refractivity contribution in [3.05, 3.63) is 30.3 Å². The Kier molecular flexibility index (Phi) is 4.23. The van der Waals surface area contributed by atoms with Crippen LogP contribution in [0.3, 0.4) is 0 Å². The van der Waals surface area contributed by atoms with Gasteiger partial charge in [0.15, 0.2) is 0 Å². The van der Waals surface area contributed by atoms with Gasteiger partial charge in [-0.2, -0.15) is 0 Å². The number of hydrogen-bond acceptors (Lipinski definition) is 3. The highest BCUT2D eigenvalue weighted by Crippen LogP contribution is 2.37. The predicted molar refractivity (Wildman–Crippen MR) is 64.4 cm³/mol. The molecule has 0 radical (unpaired) electrons. The average Bonchev–Trinajstić information content (AvgIpc) is 2.17. The number of sulfone groups is 1. The highest BCUT2D eigenvalue weighted by atomic mass is 35.5. The monoisotopic (exact) mass is 282 g/mol. The van der Waals surface area contributed by atoms with Crippen LogP contribution in [-0.2, 0) is 9.84 Å². The van der Waals surface area contributed by atoms with Gasteiger partial charge in [-0.3, -0.25) is 0 Å². The van der Waals surface area contributed by atoms with E-state index in [9.17, 15) is 8.42 Å². The second kappa shape index (κ2) is 4.92. The third-order valence-corrected chi connectivity index (χ3v) is 5.35. The fourth-order valence-corrected chi connectivity index (χ4v) is 3.53. The molecule has 1 N–H and O–H groups in total. The smallest absolute Gasteiger partial charge is 0.224 e. The first-order valence-electron chi connectivity index (χ1n) is 4.63. The van der Waals surface area contributed by atoms with Crippen molar-refractivity contribution in [1.82, 2.24) is 0 Å². The molecule has 0 bridgehead atoms. The molecule has 1 aromatic rings. The van der Waals surface area contributed by atoms with E-state index in [0.717, 1.165) is 0 Å². The van der Waals surface area contributed by atoms with Gasteiger partial charge in [-0.1, -0.05) is 41.4 Å². The van der Waals surface area contributed by atoms with Crippen molar-refractivity contribution < 1.29 is 13.5 Å². The third kappa shape index (κ3) is 2.88. The van der Waals surface area contributed by atoms with Crippen molar-refractivity contribution in [2.75, 3.05) is 0 Å². The number of aliphatic hydroxyl groups is 1. The molecule has 3 nitrogen and oxygen atoms in total. The van der Waals surface area contributed by atoms with Crippen LogP contribution >= 0.6 is 23.2 Å². The normalized spacial score (nSPS) is 14.8. The summed E-state index contributed by atoms with van der Waals surface area (Å²) in [7, 11) is -3.86. The maximum atomic E-state index is 12.0. The Morgan fingerprint density at radius 2 is 1.81 bits per heavy atom. The first-order valence-corrected chi connectivity index (χ1v) is 6.87. The van der Waals surface area contributed by atoms with Gasteiger partial charge in [0.2, 0.25) is 13.5 Å². The highest BCUT2D eigenvalue weighted by molar-refractivity contribution is 7.95. The lowest BCUT2D eigenvalue weighted by atomic mass is 10.3. The zero-order valence-electron chi connectivity index (χ0n) is 8.60. The minimum Gasteiger partial charge on any atom is -0.393 e. The van der Waals surface area contributed by atoms with Crippen molar-refractivity contribution in [2.24, 2.45) is 0 Å². The summed E-state index contributed by atoms with van der Waals surface area (Å²) >= 11 is 11.5. The van der Waals surface area contributed by atoms with Gasteiger partial charge in [0.25, 0.3) is 0 Å². The molecule has 0 amide bonds. The largest absolute Gasteiger partial charge is 0.393 e. The molecule has 16 heavy (non-hydrogen) atoms. The van der Waals surface area contributed by atoms with Crippen LogP contribution in [0.4, 0.5) is 0 Å². The molecule has 0 saturated heterocycles. The van der Waals surface area contributed by atoms with Crippen LogP contribution in [0.25, 0.3) is 0 Å². The SMILES string of the molecule is CC(O)CC(Cl)(Cl)S(=O)(=O)c1ccccc1. The molecule has 0 aliphatic heterocycles. The first-order chi connectivity index (χ1) is 7.27. The van der Waals surface area contributed by atoms with E-state index in [1.165, 1.54) is 19.1 Å². The van der Waals surface area contributed by atoms with Gasteiger partial charge in [0.1, 0.15) is 0 Å². The second-order valence-electron chi connectivity index (χ2n) is 3.51. The van der Waals surface area contributed by atoms with Gasteiger partial charge in [-0.05, 0) is 19.1 Å².